The molecule has 136 valence electrons. The number of carboxylic acids is 1. The molecule has 1 atom stereocenters. The van der Waals surface area contributed by atoms with E-state index in [1.54, 1.807) is 13.8 Å². The number of hydrogen-bond acceptors (Lipinski definition) is 5. The predicted molar refractivity (Wildman–Crippen MR) is 96.1 cm³/mol. The van der Waals surface area contributed by atoms with E-state index in [1.807, 2.05) is 0 Å². The molecule has 0 fully saturated rings. The van der Waals surface area contributed by atoms with Crippen molar-refractivity contribution in [3.63, 3.8) is 0 Å². The Morgan fingerprint density at radius 3 is 2.64 bits per heavy atom. The largest absolute Gasteiger partial charge is 0.478 e. The van der Waals surface area contributed by atoms with Crippen LogP contribution < -0.4 is 5.32 Å². The fraction of sp³-hybridized carbons (Fsp3) is 0.500. The number of rotatable bonds is 5. The van der Waals surface area contributed by atoms with Crippen molar-refractivity contribution in [1.82, 2.24) is 0 Å². The molecule has 1 aromatic rings. The summed E-state index contributed by atoms with van der Waals surface area (Å²) < 4.78 is 5.34. The van der Waals surface area contributed by atoms with Crippen molar-refractivity contribution in [1.29, 1.82) is 0 Å². The van der Waals surface area contributed by atoms with Gasteiger partial charge in [0.25, 0.3) is 0 Å². The molecule has 0 unspecified atom stereocenters. The van der Waals surface area contributed by atoms with E-state index in [0.717, 1.165) is 35.8 Å². The summed E-state index contributed by atoms with van der Waals surface area (Å²) in [5.74, 6) is -1.65. The van der Waals surface area contributed by atoms with Crippen molar-refractivity contribution in [2.75, 3.05) is 5.32 Å². The van der Waals surface area contributed by atoms with Crippen molar-refractivity contribution in [3.8, 4) is 0 Å². The van der Waals surface area contributed by atoms with E-state index in [4.69, 9.17) is 9.84 Å². The zero-order valence-corrected chi connectivity index (χ0v) is 15.7. The van der Waals surface area contributed by atoms with Gasteiger partial charge >= 0.3 is 11.9 Å². The fourth-order valence-electron chi connectivity index (χ4n) is 2.73. The van der Waals surface area contributed by atoms with Gasteiger partial charge in [-0.05, 0) is 51.5 Å². The van der Waals surface area contributed by atoms with Gasteiger partial charge in [0, 0.05) is 16.5 Å². The summed E-state index contributed by atoms with van der Waals surface area (Å²) in [6.45, 7) is 7.05. The lowest BCUT2D eigenvalue weighted by atomic mass is 9.88. The third kappa shape index (κ3) is 4.69. The zero-order valence-electron chi connectivity index (χ0n) is 14.8. The molecule has 0 aromatic carbocycles. The molecule has 1 amide bonds. The normalized spacial score (nSPS) is 17.2. The summed E-state index contributed by atoms with van der Waals surface area (Å²) in [7, 11) is 0. The van der Waals surface area contributed by atoms with Crippen molar-refractivity contribution < 1.29 is 24.2 Å². The number of ether oxygens (including phenoxy) is 1. The summed E-state index contributed by atoms with van der Waals surface area (Å²) in [6, 6.07) is 0. The third-order valence-electron chi connectivity index (χ3n) is 3.98. The molecule has 25 heavy (non-hydrogen) atoms. The van der Waals surface area contributed by atoms with Crippen molar-refractivity contribution >= 4 is 34.2 Å². The minimum atomic E-state index is -1.16. The number of anilines is 1. The molecule has 0 bridgehead atoms. The quantitative estimate of drug-likeness (QED) is 0.616. The number of esters is 1. The Labute approximate surface area is 150 Å². The first kappa shape index (κ1) is 19.2. The predicted octanol–water partition coefficient (Wildman–Crippen LogP) is 3.41. The Morgan fingerprint density at radius 2 is 2.04 bits per heavy atom. The van der Waals surface area contributed by atoms with Gasteiger partial charge in [-0.2, -0.15) is 0 Å². The van der Waals surface area contributed by atoms with Gasteiger partial charge in [0.2, 0.25) is 5.91 Å². The maximum Gasteiger partial charge on any atom is 0.341 e. The summed E-state index contributed by atoms with van der Waals surface area (Å²) in [5.41, 5.74) is 1.29. The molecule has 0 saturated carbocycles. The number of fused-ring (bicyclic) bond motifs is 1. The number of nitrogens with one attached hydrogen (secondary N) is 1. The van der Waals surface area contributed by atoms with Crippen LogP contribution in [0.25, 0.3) is 0 Å². The fourth-order valence-corrected chi connectivity index (χ4v) is 4.14. The molecule has 0 aliphatic heterocycles. The first-order valence-electron chi connectivity index (χ1n) is 8.27. The van der Waals surface area contributed by atoms with Crippen LogP contribution in [0.5, 0.6) is 0 Å². The molecule has 1 aromatic heterocycles. The van der Waals surface area contributed by atoms with E-state index < -0.39 is 17.8 Å². The van der Waals surface area contributed by atoms with E-state index in [2.05, 4.69) is 12.2 Å². The van der Waals surface area contributed by atoms with Crippen LogP contribution >= 0.6 is 11.3 Å². The molecular weight excluding hydrogens is 342 g/mol. The van der Waals surface area contributed by atoms with Crippen LogP contribution in [0.15, 0.2) is 11.6 Å². The minimum absolute atomic E-state index is 0.0706. The molecule has 2 rings (SSSR count). The molecule has 6 nitrogen and oxygen atoms in total. The Kier molecular flexibility index (Phi) is 6.00. The van der Waals surface area contributed by atoms with Gasteiger partial charge in [-0.25, -0.2) is 9.59 Å². The summed E-state index contributed by atoms with van der Waals surface area (Å²) >= 11 is 1.38. The number of amides is 1. The molecule has 2 N–H and O–H groups in total. The molecule has 1 aliphatic carbocycles. The average Bonchev–Trinajstić information content (AvgIpc) is 2.82. The third-order valence-corrected chi connectivity index (χ3v) is 5.15. The first-order valence-corrected chi connectivity index (χ1v) is 9.08. The van der Waals surface area contributed by atoms with Crippen LogP contribution in [-0.4, -0.2) is 29.1 Å². The van der Waals surface area contributed by atoms with Gasteiger partial charge < -0.3 is 15.2 Å². The second kappa shape index (κ2) is 7.82. The lowest BCUT2D eigenvalue weighted by molar-refractivity contribution is -0.132. The van der Waals surface area contributed by atoms with Crippen LogP contribution in [0.3, 0.4) is 0 Å². The van der Waals surface area contributed by atoms with Gasteiger partial charge in [-0.15, -0.1) is 11.3 Å². The number of aliphatic carboxylic acids is 1. The number of carbonyl (C=O) groups is 3. The van der Waals surface area contributed by atoms with E-state index in [0.29, 0.717) is 16.5 Å². The Balaban J connectivity index is 2.36. The van der Waals surface area contributed by atoms with E-state index in [-0.39, 0.29) is 11.7 Å². The van der Waals surface area contributed by atoms with Gasteiger partial charge in [-0.1, -0.05) is 6.92 Å². The summed E-state index contributed by atoms with van der Waals surface area (Å²) in [4.78, 5) is 36.6. The highest BCUT2D eigenvalue weighted by molar-refractivity contribution is 7.17. The summed E-state index contributed by atoms with van der Waals surface area (Å²) in [5, 5.41) is 12.0. The van der Waals surface area contributed by atoms with Crippen LogP contribution in [0.2, 0.25) is 0 Å². The second-order valence-corrected chi connectivity index (χ2v) is 7.74. The summed E-state index contributed by atoms with van der Waals surface area (Å²) in [6.07, 6.45) is 3.37. The van der Waals surface area contributed by atoms with E-state index in [1.165, 1.54) is 18.3 Å². The van der Waals surface area contributed by atoms with E-state index >= 15 is 0 Å². The van der Waals surface area contributed by atoms with Gasteiger partial charge in [0.15, 0.2) is 0 Å². The average molecular weight is 365 g/mol. The number of carboxylic acid groups (broad SMARTS) is 1. The minimum Gasteiger partial charge on any atom is -0.478 e. The standard InChI is InChI=1S/C18H23NO5S/c1-9(2)24-18(23)15-12-6-5-10(3)7-13(12)25-16(15)19-14(20)8-11(4)17(21)22/h8-10H,5-7H2,1-4H3,(H,19,20)(H,21,22)/b11-8+/t10-/m0/s1. The van der Waals surface area contributed by atoms with Gasteiger partial charge in [0.05, 0.1) is 11.7 Å². The topological polar surface area (TPSA) is 92.7 Å². The SMILES string of the molecule is C/C(=C\C(=O)Nc1sc2c(c1C(=O)OC(C)C)CC[C@H](C)C2)C(=O)O. The molecule has 7 heteroatoms. The lowest BCUT2D eigenvalue weighted by Crippen LogP contribution is -2.18. The smallest absolute Gasteiger partial charge is 0.341 e. The highest BCUT2D eigenvalue weighted by Gasteiger charge is 2.29. The molecular formula is C18H23NO5S. The first-order chi connectivity index (χ1) is 11.7. The van der Waals surface area contributed by atoms with Crippen molar-refractivity contribution in [2.45, 2.75) is 53.1 Å². The van der Waals surface area contributed by atoms with Gasteiger partial charge in [-0.3, -0.25) is 4.79 Å². The highest BCUT2D eigenvalue weighted by atomic mass is 32.1. The number of thiophene rings is 1. The van der Waals surface area contributed by atoms with Crippen molar-refractivity contribution in [3.05, 3.63) is 27.7 Å². The second-order valence-electron chi connectivity index (χ2n) is 6.63. The molecule has 1 aliphatic rings. The molecule has 0 radical (unpaired) electrons. The van der Waals surface area contributed by atoms with Crippen molar-refractivity contribution in [2.24, 2.45) is 5.92 Å². The monoisotopic (exact) mass is 365 g/mol. The zero-order chi connectivity index (χ0) is 18.7. The van der Waals surface area contributed by atoms with Crippen LogP contribution in [-0.2, 0) is 27.2 Å². The van der Waals surface area contributed by atoms with Crippen LogP contribution in [0, 0.1) is 5.92 Å². The lowest BCUT2D eigenvalue weighted by Gasteiger charge is -2.18. The Bertz CT molecular complexity index is 732. The highest BCUT2D eigenvalue weighted by Crippen LogP contribution is 2.40. The van der Waals surface area contributed by atoms with E-state index in [9.17, 15) is 14.4 Å². The maximum atomic E-state index is 12.5. The molecule has 0 saturated heterocycles. The van der Waals surface area contributed by atoms with Crippen LogP contribution in [0.4, 0.5) is 5.00 Å². The Hall–Kier alpha value is -2.15. The molecule has 1 heterocycles. The Morgan fingerprint density at radius 1 is 1.36 bits per heavy atom. The molecule has 0 spiro atoms. The maximum absolute atomic E-state index is 12.5. The van der Waals surface area contributed by atoms with Crippen LogP contribution in [0.1, 0.15) is 54.9 Å². The number of hydrogen-bond donors (Lipinski definition) is 2. The van der Waals surface area contributed by atoms with Gasteiger partial charge in [0.1, 0.15) is 5.00 Å². The number of carbonyl (C=O) groups excluding carboxylic acids is 2.